The summed E-state index contributed by atoms with van der Waals surface area (Å²) < 4.78 is 67.9. The summed E-state index contributed by atoms with van der Waals surface area (Å²) in [5.41, 5.74) is -0.0566. The van der Waals surface area contributed by atoms with Crippen LogP contribution in [0.4, 0.5) is 27.6 Å². The van der Waals surface area contributed by atoms with E-state index < -0.39 is 40.6 Å². The van der Waals surface area contributed by atoms with Crippen LogP contribution < -0.4 is 5.32 Å². The lowest BCUT2D eigenvalue weighted by Crippen LogP contribution is -2.19. The molecule has 5 nitrogen and oxygen atoms in total. The molecular weight excluding hydrogens is 443 g/mol. The van der Waals surface area contributed by atoms with E-state index in [1.807, 2.05) is 42.5 Å². The summed E-state index contributed by atoms with van der Waals surface area (Å²) in [6, 6.07) is 17.5. The Kier molecular flexibility index (Phi) is 4.77. The first-order chi connectivity index (χ1) is 15.8. The van der Waals surface area contributed by atoms with E-state index in [9.17, 15) is 26.7 Å². The first kappa shape index (κ1) is 20.6. The number of carbonyl (C=O) groups excluding carboxylic acids is 1. The van der Waals surface area contributed by atoms with E-state index in [1.54, 1.807) is 0 Å². The highest BCUT2D eigenvalue weighted by atomic mass is 19.2. The topological polar surface area (TPSA) is 59.8 Å². The van der Waals surface area contributed by atoms with Crippen molar-refractivity contribution in [2.45, 2.75) is 0 Å². The minimum absolute atomic E-state index is 0.0291. The van der Waals surface area contributed by atoms with Crippen LogP contribution in [-0.4, -0.2) is 20.9 Å². The fraction of sp³-hybridized carbons (Fsp3) is 0. The molecule has 0 aliphatic carbocycles. The molecule has 1 heterocycles. The normalized spacial score (nSPS) is 11.3. The monoisotopic (exact) mass is 454 g/mol. The molecule has 1 N–H and O–H groups in total. The highest BCUT2D eigenvalue weighted by Crippen LogP contribution is 2.26. The second-order valence-corrected chi connectivity index (χ2v) is 7.09. The molecule has 1 aromatic heterocycles. The van der Waals surface area contributed by atoms with E-state index in [4.69, 9.17) is 0 Å². The molecule has 4 aromatic carbocycles. The fourth-order valence-electron chi connectivity index (χ4n) is 3.48. The van der Waals surface area contributed by atoms with Gasteiger partial charge in [0, 0.05) is 11.1 Å². The van der Waals surface area contributed by atoms with Crippen LogP contribution in [0.2, 0.25) is 0 Å². The van der Waals surface area contributed by atoms with Crippen molar-refractivity contribution in [2.75, 3.05) is 5.32 Å². The van der Waals surface area contributed by atoms with Crippen LogP contribution in [0.5, 0.6) is 0 Å². The molecule has 0 atom stereocenters. The van der Waals surface area contributed by atoms with E-state index in [-0.39, 0.29) is 5.69 Å². The number of hydrogen-bond acceptors (Lipinski definition) is 3. The molecule has 1 amide bonds. The van der Waals surface area contributed by atoms with E-state index in [2.05, 4.69) is 15.5 Å². The first-order valence-corrected chi connectivity index (χ1v) is 9.53. The molecular formula is C23H11F5N4O. The third-order valence-corrected chi connectivity index (χ3v) is 5.06. The van der Waals surface area contributed by atoms with Gasteiger partial charge < -0.3 is 5.32 Å². The number of aromatic nitrogens is 3. The standard InChI is InChI=1S/C23H11F5N4O/c24-18-17(19(25)21(27)22(28)20(18)26)23(33)29-12-8-9-14-15(10-12)31-32(30-14)16-7-3-5-11-4-1-2-6-13(11)16/h1-10H,(H,29,33). The van der Waals surface area contributed by atoms with Gasteiger partial charge >= 0.3 is 0 Å². The number of fused-ring (bicyclic) bond motifs is 2. The molecule has 0 saturated heterocycles. The Hall–Kier alpha value is -4.34. The fourth-order valence-corrected chi connectivity index (χ4v) is 3.48. The zero-order valence-corrected chi connectivity index (χ0v) is 16.4. The van der Waals surface area contributed by atoms with Crippen molar-refractivity contribution in [3.63, 3.8) is 0 Å². The number of halogens is 5. The number of nitrogens with one attached hydrogen (secondary N) is 1. The Morgan fingerprint density at radius 3 is 2.12 bits per heavy atom. The van der Waals surface area contributed by atoms with E-state index in [1.165, 1.54) is 23.0 Å². The summed E-state index contributed by atoms with van der Waals surface area (Å²) in [5, 5.41) is 12.8. The molecule has 0 spiro atoms. The molecule has 0 unspecified atom stereocenters. The van der Waals surface area contributed by atoms with Gasteiger partial charge in [0.05, 0.1) is 5.69 Å². The quantitative estimate of drug-likeness (QED) is 0.222. The molecule has 0 fully saturated rings. The van der Waals surface area contributed by atoms with Crippen molar-refractivity contribution in [1.82, 2.24) is 15.0 Å². The zero-order valence-electron chi connectivity index (χ0n) is 16.4. The highest BCUT2D eigenvalue weighted by molar-refractivity contribution is 6.05. The van der Waals surface area contributed by atoms with Gasteiger partial charge in [0.1, 0.15) is 16.6 Å². The number of nitrogens with zero attached hydrogens (tertiary/aromatic N) is 3. The summed E-state index contributed by atoms with van der Waals surface area (Å²) in [6.07, 6.45) is 0. The molecule has 0 aliphatic rings. The van der Waals surface area contributed by atoms with Crippen molar-refractivity contribution < 1.29 is 26.7 Å². The number of amides is 1. The molecule has 0 saturated carbocycles. The summed E-state index contributed by atoms with van der Waals surface area (Å²) in [7, 11) is 0. The second-order valence-electron chi connectivity index (χ2n) is 7.09. The average molecular weight is 454 g/mol. The zero-order chi connectivity index (χ0) is 23.3. The van der Waals surface area contributed by atoms with Crippen molar-refractivity contribution in [2.24, 2.45) is 0 Å². The van der Waals surface area contributed by atoms with Crippen LogP contribution >= 0.6 is 0 Å². The summed E-state index contributed by atoms with van der Waals surface area (Å²) in [5.74, 6) is -12.7. The molecule has 0 radical (unpaired) electrons. The molecule has 5 rings (SSSR count). The Morgan fingerprint density at radius 2 is 1.36 bits per heavy atom. The van der Waals surface area contributed by atoms with Crippen LogP contribution in [0.3, 0.4) is 0 Å². The maximum Gasteiger partial charge on any atom is 0.261 e. The largest absolute Gasteiger partial charge is 0.322 e. The third-order valence-electron chi connectivity index (χ3n) is 5.06. The molecule has 10 heteroatoms. The third kappa shape index (κ3) is 3.36. The lowest BCUT2D eigenvalue weighted by molar-refractivity contribution is 0.101. The number of rotatable bonds is 3. The van der Waals surface area contributed by atoms with Gasteiger partial charge in [-0.2, -0.15) is 0 Å². The molecule has 5 aromatic rings. The van der Waals surface area contributed by atoms with Crippen LogP contribution in [0.15, 0.2) is 60.7 Å². The second kappa shape index (κ2) is 7.66. The predicted molar refractivity (Wildman–Crippen MR) is 111 cm³/mol. The lowest BCUT2D eigenvalue weighted by Gasteiger charge is -2.09. The molecule has 164 valence electrons. The highest BCUT2D eigenvalue weighted by Gasteiger charge is 2.29. The van der Waals surface area contributed by atoms with Gasteiger partial charge in [-0.1, -0.05) is 36.4 Å². The van der Waals surface area contributed by atoms with E-state index in [0.717, 1.165) is 10.8 Å². The van der Waals surface area contributed by atoms with Crippen molar-refractivity contribution >= 4 is 33.4 Å². The Balaban J connectivity index is 1.51. The molecule has 33 heavy (non-hydrogen) atoms. The summed E-state index contributed by atoms with van der Waals surface area (Å²) >= 11 is 0. The van der Waals surface area contributed by atoms with Crippen LogP contribution in [0, 0.1) is 29.1 Å². The maximum absolute atomic E-state index is 13.9. The Labute approximate surface area is 182 Å². The van der Waals surface area contributed by atoms with Crippen LogP contribution in [-0.2, 0) is 0 Å². The Bertz CT molecular complexity index is 1550. The molecule has 0 aliphatic heterocycles. The van der Waals surface area contributed by atoms with Crippen LogP contribution in [0.25, 0.3) is 27.5 Å². The first-order valence-electron chi connectivity index (χ1n) is 9.53. The summed E-state index contributed by atoms with van der Waals surface area (Å²) in [6.45, 7) is 0. The van der Waals surface area contributed by atoms with Gasteiger partial charge in [-0.3, -0.25) is 4.79 Å². The molecule has 0 bridgehead atoms. The van der Waals surface area contributed by atoms with Crippen molar-refractivity contribution in [1.29, 1.82) is 0 Å². The minimum atomic E-state index is -2.34. The number of anilines is 1. The number of benzene rings is 4. The van der Waals surface area contributed by atoms with Gasteiger partial charge in [-0.05, 0) is 29.7 Å². The smallest absolute Gasteiger partial charge is 0.261 e. The maximum atomic E-state index is 13.9. The van der Waals surface area contributed by atoms with Gasteiger partial charge in [0.2, 0.25) is 5.82 Å². The number of hydrogen-bond donors (Lipinski definition) is 1. The SMILES string of the molecule is O=C(Nc1ccc2nn(-c3cccc4ccccc34)nc2c1)c1c(F)c(F)c(F)c(F)c1F. The average Bonchev–Trinajstić information content (AvgIpc) is 3.24. The number of carbonyl (C=O) groups is 1. The van der Waals surface area contributed by atoms with Crippen molar-refractivity contribution in [3.05, 3.63) is 95.3 Å². The summed E-state index contributed by atoms with van der Waals surface area (Å²) in [4.78, 5) is 13.7. The van der Waals surface area contributed by atoms with E-state index in [0.29, 0.717) is 16.7 Å². The predicted octanol–water partition coefficient (Wildman–Crippen LogP) is 5.52. The van der Waals surface area contributed by atoms with Crippen molar-refractivity contribution in [3.8, 4) is 5.69 Å². The van der Waals surface area contributed by atoms with Gasteiger partial charge in [-0.15, -0.1) is 15.0 Å². The van der Waals surface area contributed by atoms with Gasteiger partial charge in [0.15, 0.2) is 23.3 Å². The Morgan fingerprint density at radius 1 is 0.727 bits per heavy atom. The van der Waals surface area contributed by atoms with Gasteiger partial charge in [-0.25, -0.2) is 22.0 Å². The van der Waals surface area contributed by atoms with Gasteiger partial charge in [0.25, 0.3) is 5.91 Å². The minimum Gasteiger partial charge on any atom is -0.322 e. The van der Waals surface area contributed by atoms with Crippen LogP contribution in [0.1, 0.15) is 10.4 Å². The van der Waals surface area contributed by atoms with E-state index >= 15 is 0 Å². The lowest BCUT2D eigenvalue weighted by atomic mass is 10.1.